The number of benzene rings is 3. The molecule has 1 nitrogen and oxygen atoms in total. The van der Waals surface area contributed by atoms with E-state index in [1.807, 2.05) is 18.2 Å². The van der Waals surface area contributed by atoms with Crippen molar-refractivity contribution in [2.45, 2.75) is 11.9 Å². The van der Waals surface area contributed by atoms with E-state index in [4.69, 9.17) is 4.74 Å². The highest BCUT2D eigenvalue weighted by Gasteiger charge is 2.08. The Morgan fingerprint density at radius 2 is 1.62 bits per heavy atom. The van der Waals surface area contributed by atoms with Crippen LogP contribution in [-0.2, 0) is 11.9 Å². The van der Waals surface area contributed by atoms with Gasteiger partial charge >= 0.3 is 0 Å². The van der Waals surface area contributed by atoms with Crippen LogP contribution in [0.2, 0.25) is 0 Å². The van der Waals surface area contributed by atoms with E-state index >= 15 is 0 Å². The highest BCUT2D eigenvalue weighted by Crippen LogP contribution is 2.31. The largest absolute Gasteiger partial charge is 0.489 e. The van der Waals surface area contributed by atoms with Crippen molar-refractivity contribution in [2.24, 2.45) is 0 Å². The van der Waals surface area contributed by atoms with Crippen molar-refractivity contribution in [3.63, 3.8) is 0 Å². The summed E-state index contributed by atoms with van der Waals surface area (Å²) in [5, 5.41) is 3.25. The maximum absolute atomic E-state index is 6.04. The predicted molar refractivity (Wildman–Crippen MR) is 95.1 cm³/mol. The van der Waals surface area contributed by atoms with Gasteiger partial charge in [-0.25, -0.2) is 0 Å². The average molecular weight is 406 g/mol. The lowest BCUT2D eigenvalue weighted by Crippen LogP contribution is -1.99. The molecule has 21 heavy (non-hydrogen) atoms. The Morgan fingerprint density at radius 3 is 2.43 bits per heavy atom. The first-order valence-corrected chi connectivity index (χ1v) is 8.64. The van der Waals surface area contributed by atoms with Gasteiger partial charge < -0.3 is 4.74 Å². The minimum Gasteiger partial charge on any atom is -0.489 e. The van der Waals surface area contributed by atoms with E-state index in [1.54, 1.807) is 0 Å². The van der Waals surface area contributed by atoms with Crippen LogP contribution in [0.1, 0.15) is 11.1 Å². The van der Waals surface area contributed by atoms with Crippen LogP contribution < -0.4 is 4.74 Å². The normalized spacial score (nSPS) is 10.8. The SMILES string of the molecule is BrCc1c(OCc2ccccc2Br)ccc2ccccc12. The molecule has 0 saturated heterocycles. The number of hydrogen-bond donors (Lipinski definition) is 0. The van der Waals surface area contributed by atoms with Crippen molar-refractivity contribution in [2.75, 3.05) is 0 Å². The third-order valence-corrected chi connectivity index (χ3v) is 4.81. The molecule has 3 aromatic rings. The lowest BCUT2D eigenvalue weighted by Gasteiger charge is -2.13. The van der Waals surface area contributed by atoms with E-state index in [0.29, 0.717) is 6.61 Å². The number of alkyl halides is 1. The van der Waals surface area contributed by atoms with Gasteiger partial charge in [0.25, 0.3) is 0 Å². The van der Waals surface area contributed by atoms with Crippen LogP contribution in [0.5, 0.6) is 5.75 Å². The molecule has 0 aromatic heterocycles. The fraction of sp³-hybridized carbons (Fsp3) is 0.111. The van der Waals surface area contributed by atoms with Crippen molar-refractivity contribution >= 4 is 42.6 Å². The summed E-state index contributed by atoms with van der Waals surface area (Å²) in [7, 11) is 0. The molecule has 0 aliphatic rings. The second kappa shape index (κ2) is 6.63. The van der Waals surface area contributed by atoms with Gasteiger partial charge in [0.05, 0.1) is 0 Å². The van der Waals surface area contributed by atoms with E-state index in [0.717, 1.165) is 21.1 Å². The van der Waals surface area contributed by atoms with Gasteiger partial charge in [-0.15, -0.1) is 0 Å². The Labute approximate surface area is 141 Å². The zero-order chi connectivity index (χ0) is 14.7. The molecule has 0 radical (unpaired) electrons. The molecule has 0 bridgehead atoms. The zero-order valence-corrected chi connectivity index (χ0v) is 14.5. The molecular formula is C18H14Br2O. The molecule has 3 rings (SSSR count). The van der Waals surface area contributed by atoms with Crippen molar-refractivity contribution in [1.82, 2.24) is 0 Å². The molecule has 0 saturated carbocycles. The summed E-state index contributed by atoms with van der Waals surface area (Å²) in [6.45, 7) is 0.555. The Hall–Kier alpha value is -1.32. The average Bonchev–Trinajstić information content (AvgIpc) is 2.53. The van der Waals surface area contributed by atoms with Crippen LogP contribution in [0.25, 0.3) is 10.8 Å². The Bertz CT molecular complexity index is 768. The summed E-state index contributed by atoms with van der Waals surface area (Å²) in [5.41, 5.74) is 2.34. The molecule has 0 N–H and O–H groups in total. The minimum atomic E-state index is 0.555. The number of ether oxygens (including phenoxy) is 1. The smallest absolute Gasteiger partial charge is 0.124 e. The van der Waals surface area contributed by atoms with Gasteiger partial charge in [-0.2, -0.15) is 0 Å². The lowest BCUT2D eigenvalue weighted by atomic mass is 10.0. The fourth-order valence-electron chi connectivity index (χ4n) is 2.36. The molecule has 0 aliphatic carbocycles. The minimum absolute atomic E-state index is 0.555. The topological polar surface area (TPSA) is 9.23 Å². The molecule has 3 heteroatoms. The quantitative estimate of drug-likeness (QED) is 0.478. The third-order valence-electron chi connectivity index (χ3n) is 3.47. The summed E-state index contributed by atoms with van der Waals surface area (Å²) in [4.78, 5) is 0. The van der Waals surface area contributed by atoms with Crippen molar-refractivity contribution in [1.29, 1.82) is 0 Å². The monoisotopic (exact) mass is 404 g/mol. The highest BCUT2D eigenvalue weighted by atomic mass is 79.9. The van der Waals surface area contributed by atoms with E-state index < -0.39 is 0 Å². The molecule has 0 fully saturated rings. The van der Waals surface area contributed by atoms with Crippen LogP contribution in [0.3, 0.4) is 0 Å². The van der Waals surface area contributed by atoms with Crippen molar-refractivity contribution in [3.05, 3.63) is 76.3 Å². The summed E-state index contributed by atoms with van der Waals surface area (Å²) in [6.07, 6.45) is 0. The van der Waals surface area contributed by atoms with E-state index in [2.05, 4.69) is 74.3 Å². The van der Waals surface area contributed by atoms with Crippen LogP contribution in [0.4, 0.5) is 0 Å². The lowest BCUT2D eigenvalue weighted by molar-refractivity contribution is 0.304. The van der Waals surface area contributed by atoms with Crippen LogP contribution in [0, 0.1) is 0 Å². The van der Waals surface area contributed by atoms with Gasteiger partial charge in [0, 0.05) is 20.9 Å². The molecule has 0 atom stereocenters. The van der Waals surface area contributed by atoms with Gasteiger partial charge in [0.15, 0.2) is 0 Å². The van der Waals surface area contributed by atoms with Crippen molar-refractivity contribution in [3.8, 4) is 5.75 Å². The standard InChI is InChI=1S/C18H14Br2O/c19-11-16-15-7-3-1-5-13(15)9-10-18(16)21-12-14-6-2-4-8-17(14)20/h1-10H,11-12H2. The summed E-state index contributed by atoms with van der Waals surface area (Å²) < 4.78 is 7.12. The predicted octanol–water partition coefficient (Wildman–Crippen LogP) is 6.08. The van der Waals surface area contributed by atoms with E-state index in [9.17, 15) is 0 Å². The Kier molecular flexibility index (Phi) is 4.61. The summed E-state index contributed by atoms with van der Waals surface area (Å²) in [6, 6.07) is 20.7. The number of halogens is 2. The van der Waals surface area contributed by atoms with Crippen LogP contribution in [-0.4, -0.2) is 0 Å². The van der Waals surface area contributed by atoms with Gasteiger partial charge in [-0.1, -0.05) is 80.4 Å². The molecule has 0 heterocycles. The second-order valence-electron chi connectivity index (χ2n) is 4.78. The highest BCUT2D eigenvalue weighted by molar-refractivity contribution is 9.10. The molecule has 3 aromatic carbocycles. The first-order chi connectivity index (χ1) is 10.3. The van der Waals surface area contributed by atoms with Crippen LogP contribution in [0.15, 0.2) is 65.1 Å². The molecule has 0 aliphatic heterocycles. The molecule has 0 spiro atoms. The third kappa shape index (κ3) is 3.14. The fourth-order valence-corrected chi connectivity index (χ4v) is 3.34. The molecular weight excluding hydrogens is 392 g/mol. The Balaban J connectivity index is 1.92. The number of hydrogen-bond acceptors (Lipinski definition) is 1. The van der Waals surface area contributed by atoms with Gasteiger partial charge in [-0.05, 0) is 22.9 Å². The Morgan fingerprint density at radius 1 is 0.857 bits per heavy atom. The second-order valence-corrected chi connectivity index (χ2v) is 6.19. The molecule has 0 unspecified atom stereocenters. The van der Waals surface area contributed by atoms with E-state index in [1.165, 1.54) is 16.3 Å². The zero-order valence-electron chi connectivity index (χ0n) is 11.4. The molecule has 0 amide bonds. The van der Waals surface area contributed by atoms with Gasteiger partial charge in [0.2, 0.25) is 0 Å². The maximum Gasteiger partial charge on any atom is 0.124 e. The van der Waals surface area contributed by atoms with Crippen LogP contribution >= 0.6 is 31.9 Å². The first kappa shape index (κ1) is 14.6. The van der Waals surface area contributed by atoms with Gasteiger partial charge in [-0.3, -0.25) is 0 Å². The van der Waals surface area contributed by atoms with E-state index in [-0.39, 0.29) is 0 Å². The molecule has 106 valence electrons. The number of rotatable bonds is 4. The van der Waals surface area contributed by atoms with Crippen molar-refractivity contribution < 1.29 is 4.74 Å². The number of fused-ring (bicyclic) bond motifs is 1. The first-order valence-electron chi connectivity index (χ1n) is 6.72. The van der Waals surface area contributed by atoms with Gasteiger partial charge in [0.1, 0.15) is 12.4 Å². The summed E-state index contributed by atoms with van der Waals surface area (Å²) in [5.74, 6) is 0.932. The maximum atomic E-state index is 6.04. The summed E-state index contributed by atoms with van der Waals surface area (Å²) >= 11 is 7.14.